The van der Waals surface area contributed by atoms with Gasteiger partial charge >= 0.3 is 0 Å². The van der Waals surface area contributed by atoms with E-state index in [1.165, 1.54) is 11.3 Å². The standard InChI is InChI=1S/C22H20N2O2S/c25-21(18-10-8-17(9-11-18)16-5-2-1-3-6-16)19-7-4-12-24(13-19)22(26)20-14-27-15-23-20/h1-3,5-6,8-11,14-15,19H,4,7,12-13H2/t19-/m1/s1. The van der Waals surface area contributed by atoms with Gasteiger partial charge in [0.15, 0.2) is 5.78 Å². The first kappa shape index (κ1) is 17.6. The summed E-state index contributed by atoms with van der Waals surface area (Å²) in [5, 5.41) is 1.76. The summed E-state index contributed by atoms with van der Waals surface area (Å²) in [6, 6.07) is 17.9. The van der Waals surface area contributed by atoms with Gasteiger partial charge in [0.1, 0.15) is 5.69 Å². The molecule has 1 amide bonds. The molecule has 4 rings (SSSR count). The van der Waals surface area contributed by atoms with E-state index in [1.807, 2.05) is 42.5 Å². The molecule has 27 heavy (non-hydrogen) atoms. The number of nitrogens with zero attached hydrogens (tertiary/aromatic N) is 2. The van der Waals surface area contributed by atoms with Gasteiger partial charge in [-0.05, 0) is 24.0 Å². The van der Waals surface area contributed by atoms with E-state index in [9.17, 15) is 9.59 Å². The molecule has 5 heteroatoms. The van der Waals surface area contributed by atoms with Crippen molar-refractivity contribution >= 4 is 23.0 Å². The molecule has 2 aromatic carbocycles. The van der Waals surface area contributed by atoms with Gasteiger partial charge in [-0.1, -0.05) is 54.6 Å². The van der Waals surface area contributed by atoms with Gasteiger partial charge in [0.05, 0.1) is 5.51 Å². The van der Waals surface area contributed by atoms with Crippen LogP contribution in [0.1, 0.15) is 33.7 Å². The number of thiazole rings is 1. The van der Waals surface area contributed by atoms with Crippen molar-refractivity contribution in [2.75, 3.05) is 13.1 Å². The lowest BCUT2D eigenvalue weighted by Gasteiger charge is -2.31. The van der Waals surface area contributed by atoms with E-state index in [1.54, 1.807) is 15.8 Å². The fourth-order valence-corrected chi connectivity index (χ4v) is 4.07. The molecule has 0 saturated carbocycles. The molecule has 0 N–H and O–H groups in total. The van der Waals surface area contributed by atoms with E-state index in [0.29, 0.717) is 24.3 Å². The number of benzene rings is 2. The van der Waals surface area contributed by atoms with E-state index < -0.39 is 0 Å². The molecule has 136 valence electrons. The second-order valence-corrected chi connectivity index (χ2v) is 7.49. The molecular weight excluding hydrogens is 356 g/mol. The van der Waals surface area contributed by atoms with Crippen LogP contribution in [0.5, 0.6) is 0 Å². The molecule has 2 heterocycles. The molecule has 0 aliphatic carbocycles. The maximum absolute atomic E-state index is 13.0. The first-order valence-corrected chi connectivity index (χ1v) is 10.0. The molecule has 1 aliphatic rings. The smallest absolute Gasteiger partial charge is 0.273 e. The van der Waals surface area contributed by atoms with E-state index in [2.05, 4.69) is 17.1 Å². The van der Waals surface area contributed by atoms with Crippen LogP contribution in [0.25, 0.3) is 11.1 Å². The number of carbonyl (C=O) groups excluding carboxylic acids is 2. The highest BCUT2D eigenvalue weighted by atomic mass is 32.1. The van der Waals surface area contributed by atoms with Crippen LogP contribution in [-0.4, -0.2) is 34.7 Å². The van der Waals surface area contributed by atoms with Crippen molar-refractivity contribution in [2.24, 2.45) is 5.92 Å². The summed E-state index contributed by atoms with van der Waals surface area (Å²) >= 11 is 1.41. The molecule has 1 fully saturated rings. The zero-order valence-corrected chi connectivity index (χ0v) is 15.7. The van der Waals surface area contributed by atoms with Gasteiger partial charge in [0, 0.05) is 30.0 Å². The zero-order valence-electron chi connectivity index (χ0n) is 14.9. The third kappa shape index (κ3) is 3.83. The number of hydrogen-bond donors (Lipinski definition) is 0. The second kappa shape index (κ2) is 7.84. The summed E-state index contributed by atoms with van der Waals surface area (Å²) in [5.41, 5.74) is 5.07. The topological polar surface area (TPSA) is 50.3 Å². The average Bonchev–Trinajstić information content (AvgIpc) is 3.28. The van der Waals surface area contributed by atoms with Gasteiger partial charge in [-0.3, -0.25) is 9.59 Å². The number of likely N-dealkylation sites (tertiary alicyclic amines) is 1. The number of piperidine rings is 1. The lowest BCUT2D eigenvalue weighted by atomic mass is 9.89. The quantitative estimate of drug-likeness (QED) is 0.628. The van der Waals surface area contributed by atoms with E-state index >= 15 is 0 Å². The first-order valence-electron chi connectivity index (χ1n) is 9.09. The minimum Gasteiger partial charge on any atom is -0.337 e. The maximum atomic E-state index is 13.0. The van der Waals surface area contributed by atoms with Gasteiger partial charge in [0.2, 0.25) is 0 Å². The molecule has 0 bridgehead atoms. The molecule has 0 radical (unpaired) electrons. The lowest BCUT2D eigenvalue weighted by molar-refractivity contribution is 0.0633. The average molecular weight is 376 g/mol. The molecule has 1 aromatic heterocycles. The fraction of sp³-hybridized carbons (Fsp3) is 0.227. The predicted molar refractivity (Wildman–Crippen MR) is 107 cm³/mol. The van der Waals surface area contributed by atoms with Gasteiger partial charge < -0.3 is 4.90 Å². The molecule has 1 saturated heterocycles. The SMILES string of the molecule is O=C(c1ccc(-c2ccccc2)cc1)[C@@H]1CCCN(C(=O)c2cscn2)C1. The summed E-state index contributed by atoms with van der Waals surface area (Å²) in [6.45, 7) is 1.16. The van der Waals surface area contributed by atoms with Crippen LogP contribution >= 0.6 is 11.3 Å². The Morgan fingerprint density at radius 1 is 1.00 bits per heavy atom. The number of ketones is 1. The van der Waals surface area contributed by atoms with Crippen LogP contribution in [0.4, 0.5) is 0 Å². The van der Waals surface area contributed by atoms with Crippen molar-refractivity contribution < 1.29 is 9.59 Å². The van der Waals surface area contributed by atoms with Gasteiger partial charge in [-0.15, -0.1) is 11.3 Å². The van der Waals surface area contributed by atoms with Crippen LogP contribution in [0.3, 0.4) is 0 Å². The van der Waals surface area contributed by atoms with Crippen molar-refractivity contribution in [2.45, 2.75) is 12.8 Å². The lowest BCUT2D eigenvalue weighted by Crippen LogP contribution is -2.42. The Morgan fingerprint density at radius 2 is 1.74 bits per heavy atom. The van der Waals surface area contributed by atoms with Crippen LogP contribution in [0.2, 0.25) is 0 Å². The normalized spacial score (nSPS) is 16.9. The van der Waals surface area contributed by atoms with Crippen molar-refractivity contribution in [3.8, 4) is 11.1 Å². The van der Waals surface area contributed by atoms with Crippen molar-refractivity contribution in [1.82, 2.24) is 9.88 Å². The van der Waals surface area contributed by atoms with Crippen LogP contribution < -0.4 is 0 Å². The zero-order chi connectivity index (χ0) is 18.6. The van der Waals surface area contributed by atoms with Gasteiger partial charge in [-0.25, -0.2) is 4.98 Å². The number of carbonyl (C=O) groups is 2. The largest absolute Gasteiger partial charge is 0.337 e. The molecule has 1 atom stereocenters. The highest BCUT2D eigenvalue weighted by molar-refractivity contribution is 7.07. The summed E-state index contributed by atoms with van der Waals surface area (Å²) in [6.07, 6.45) is 1.66. The predicted octanol–water partition coefficient (Wildman–Crippen LogP) is 4.55. The molecule has 3 aromatic rings. The minimum atomic E-state index is -0.149. The van der Waals surface area contributed by atoms with Crippen LogP contribution in [0.15, 0.2) is 65.5 Å². The molecular formula is C22H20N2O2S. The Kier molecular flexibility index (Phi) is 5.12. The van der Waals surface area contributed by atoms with E-state index in [0.717, 1.165) is 24.0 Å². The Morgan fingerprint density at radius 3 is 2.44 bits per heavy atom. The minimum absolute atomic E-state index is 0.0758. The van der Waals surface area contributed by atoms with E-state index in [-0.39, 0.29) is 17.6 Å². The third-order valence-electron chi connectivity index (χ3n) is 5.01. The van der Waals surface area contributed by atoms with Gasteiger partial charge in [-0.2, -0.15) is 0 Å². The molecule has 4 nitrogen and oxygen atoms in total. The highest BCUT2D eigenvalue weighted by Crippen LogP contribution is 2.24. The fourth-order valence-electron chi connectivity index (χ4n) is 3.55. The summed E-state index contributed by atoms with van der Waals surface area (Å²) < 4.78 is 0. The number of rotatable bonds is 4. The summed E-state index contributed by atoms with van der Waals surface area (Å²) in [4.78, 5) is 31.3. The maximum Gasteiger partial charge on any atom is 0.273 e. The second-order valence-electron chi connectivity index (χ2n) is 6.77. The number of amides is 1. The van der Waals surface area contributed by atoms with Crippen LogP contribution in [0, 0.1) is 5.92 Å². The Hall–Kier alpha value is -2.79. The number of aromatic nitrogens is 1. The number of hydrogen-bond acceptors (Lipinski definition) is 4. The van der Waals surface area contributed by atoms with E-state index in [4.69, 9.17) is 0 Å². The highest BCUT2D eigenvalue weighted by Gasteiger charge is 2.30. The Bertz CT molecular complexity index is 921. The first-order chi connectivity index (χ1) is 13.2. The van der Waals surface area contributed by atoms with Gasteiger partial charge in [0.25, 0.3) is 5.91 Å². The van der Waals surface area contributed by atoms with Crippen molar-refractivity contribution in [3.63, 3.8) is 0 Å². The van der Waals surface area contributed by atoms with Crippen molar-refractivity contribution in [3.05, 3.63) is 76.7 Å². The molecule has 0 unspecified atom stereocenters. The van der Waals surface area contributed by atoms with Crippen LogP contribution in [-0.2, 0) is 0 Å². The monoisotopic (exact) mass is 376 g/mol. The summed E-state index contributed by atoms with van der Waals surface area (Å²) in [7, 11) is 0. The third-order valence-corrected chi connectivity index (χ3v) is 5.59. The Balaban J connectivity index is 1.46. The molecule has 1 aliphatic heterocycles. The van der Waals surface area contributed by atoms with Crippen molar-refractivity contribution in [1.29, 1.82) is 0 Å². The molecule has 0 spiro atoms. The summed E-state index contributed by atoms with van der Waals surface area (Å²) in [5.74, 6) is -0.109. The number of Topliss-reactive ketones (excluding diaryl/α,β-unsaturated/α-hetero) is 1. The Labute approximate surface area is 162 Å².